The number of thioether (sulfide) groups is 1. The van der Waals surface area contributed by atoms with Crippen LogP contribution in [0.1, 0.15) is 19.8 Å². The van der Waals surface area contributed by atoms with Crippen molar-refractivity contribution in [1.29, 1.82) is 0 Å². The van der Waals surface area contributed by atoms with E-state index in [1.807, 2.05) is 17.8 Å². The molecule has 0 N–H and O–H groups in total. The molecular weight excluding hydrogens is 210 g/mol. The van der Waals surface area contributed by atoms with Gasteiger partial charge in [0.05, 0.1) is 6.54 Å². The average Bonchev–Trinajstić information content (AvgIpc) is 2.61. The first kappa shape index (κ1) is 12.4. The van der Waals surface area contributed by atoms with Crippen molar-refractivity contribution < 1.29 is 9.53 Å². The number of carbonyl (C=O) groups is 1. The lowest BCUT2D eigenvalue weighted by Crippen LogP contribution is -2.25. The van der Waals surface area contributed by atoms with Crippen LogP contribution in [0.5, 0.6) is 0 Å². The first-order chi connectivity index (χ1) is 7.24. The van der Waals surface area contributed by atoms with E-state index in [9.17, 15) is 4.79 Å². The molecule has 15 heavy (non-hydrogen) atoms. The summed E-state index contributed by atoms with van der Waals surface area (Å²) in [6.45, 7) is 8.06. The molecule has 1 aliphatic rings. The maximum atomic E-state index is 11.1. The molecule has 3 nitrogen and oxygen atoms in total. The molecule has 86 valence electrons. The van der Waals surface area contributed by atoms with Crippen molar-refractivity contribution >= 4 is 17.9 Å². The Kier molecular flexibility index (Phi) is 5.61. The maximum absolute atomic E-state index is 11.1. The van der Waals surface area contributed by atoms with Crippen molar-refractivity contribution in [2.45, 2.75) is 25.0 Å². The normalized spacial score (nSPS) is 17.7. The van der Waals surface area contributed by atoms with Crippen LogP contribution in [-0.4, -0.2) is 41.7 Å². The molecule has 4 heteroatoms. The van der Waals surface area contributed by atoms with Crippen LogP contribution < -0.4 is 0 Å². The number of amides is 1. The fraction of sp³-hybridized carbons (Fsp3) is 0.727. The third-order valence-electron chi connectivity index (χ3n) is 2.38. The highest BCUT2D eigenvalue weighted by molar-refractivity contribution is 8.00. The Morgan fingerprint density at radius 1 is 1.73 bits per heavy atom. The summed E-state index contributed by atoms with van der Waals surface area (Å²) in [5, 5.41) is 0.640. The molecular formula is C11H19NO2S. The number of ether oxygens (including phenoxy) is 1. The number of nitrogens with zero attached hydrogens (tertiary/aromatic N) is 1. The SMILES string of the molecule is C=CCSC(C)CCCN1CCOC1=O. The Morgan fingerprint density at radius 3 is 3.13 bits per heavy atom. The van der Waals surface area contributed by atoms with E-state index >= 15 is 0 Å². The van der Waals surface area contributed by atoms with Crippen LogP contribution in [0.3, 0.4) is 0 Å². The minimum Gasteiger partial charge on any atom is -0.448 e. The van der Waals surface area contributed by atoms with Crippen molar-refractivity contribution in [3.8, 4) is 0 Å². The Hall–Kier alpha value is -0.640. The van der Waals surface area contributed by atoms with E-state index in [2.05, 4.69) is 13.5 Å². The third-order valence-corrected chi connectivity index (χ3v) is 3.62. The molecule has 1 amide bonds. The highest BCUT2D eigenvalue weighted by Crippen LogP contribution is 2.16. The average molecular weight is 229 g/mol. The lowest BCUT2D eigenvalue weighted by Gasteiger charge is -2.14. The quantitative estimate of drug-likeness (QED) is 0.628. The summed E-state index contributed by atoms with van der Waals surface area (Å²) in [4.78, 5) is 12.9. The Morgan fingerprint density at radius 2 is 2.53 bits per heavy atom. The van der Waals surface area contributed by atoms with Gasteiger partial charge in [-0.25, -0.2) is 4.79 Å². The lowest BCUT2D eigenvalue weighted by atomic mass is 10.2. The minimum absolute atomic E-state index is 0.151. The van der Waals surface area contributed by atoms with Crippen molar-refractivity contribution in [2.75, 3.05) is 25.4 Å². The van der Waals surface area contributed by atoms with Gasteiger partial charge in [0.2, 0.25) is 0 Å². The summed E-state index contributed by atoms with van der Waals surface area (Å²) >= 11 is 1.91. The lowest BCUT2D eigenvalue weighted by molar-refractivity contribution is 0.158. The second-order valence-electron chi connectivity index (χ2n) is 3.68. The van der Waals surface area contributed by atoms with Crippen LogP contribution in [-0.2, 0) is 4.74 Å². The number of hydrogen-bond acceptors (Lipinski definition) is 3. The van der Waals surface area contributed by atoms with E-state index in [1.165, 1.54) is 0 Å². The molecule has 1 aliphatic heterocycles. The first-order valence-corrected chi connectivity index (χ1v) is 6.43. The van der Waals surface area contributed by atoms with E-state index in [0.29, 0.717) is 11.9 Å². The van der Waals surface area contributed by atoms with E-state index < -0.39 is 0 Å². The predicted molar refractivity (Wildman–Crippen MR) is 64.3 cm³/mol. The predicted octanol–water partition coefficient (Wildman–Crippen LogP) is 2.53. The van der Waals surface area contributed by atoms with Gasteiger partial charge in [-0.2, -0.15) is 11.8 Å². The molecule has 1 rings (SSSR count). The molecule has 1 saturated heterocycles. The summed E-state index contributed by atoms with van der Waals surface area (Å²) in [6, 6.07) is 0. The van der Waals surface area contributed by atoms with Crippen molar-refractivity contribution in [1.82, 2.24) is 4.90 Å². The van der Waals surface area contributed by atoms with Crippen molar-refractivity contribution in [2.24, 2.45) is 0 Å². The van der Waals surface area contributed by atoms with Crippen LogP contribution in [0, 0.1) is 0 Å². The number of hydrogen-bond donors (Lipinski definition) is 0. The van der Waals surface area contributed by atoms with Gasteiger partial charge >= 0.3 is 6.09 Å². The van der Waals surface area contributed by atoms with Crippen molar-refractivity contribution in [3.05, 3.63) is 12.7 Å². The first-order valence-electron chi connectivity index (χ1n) is 5.38. The molecule has 0 saturated carbocycles. The maximum Gasteiger partial charge on any atom is 0.409 e. The van der Waals surface area contributed by atoms with Crippen LogP contribution in [0.15, 0.2) is 12.7 Å². The minimum atomic E-state index is -0.151. The Bertz CT molecular complexity index is 221. The van der Waals surface area contributed by atoms with Gasteiger partial charge < -0.3 is 9.64 Å². The summed E-state index contributed by atoms with van der Waals surface area (Å²) < 4.78 is 4.86. The second-order valence-corrected chi connectivity index (χ2v) is 5.15. The second kappa shape index (κ2) is 6.77. The molecule has 1 fully saturated rings. The topological polar surface area (TPSA) is 29.5 Å². The molecule has 1 unspecified atom stereocenters. The molecule has 0 aromatic rings. The Labute approximate surface area is 95.9 Å². The van der Waals surface area contributed by atoms with Gasteiger partial charge in [-0.15, -0.1) is 6.58 Å². The number of rotatable bonds is 7. The third kappa shape index (κ3) is 4.60. The van der Waals surface area contributed by atoms with Gasteiger partial charge in [0.1, 0.15) is 6.61 Å². The fourth-order valence-electron chi connectivity index (χ4n) is 1.51. The number of carbonyl (C=O) groups excluding carboxylic acids is 1. The molecule has 0 aliphatic carbocycles. The summed E-state index contributed by atoms with van der Waals surface area (Å²) in [7, 11) is 0. The smallest absolute Gasteiger partial charge is 0.409 e. The summed E-state index contributed by atoms with van der Waals surface area (Å²) in [5.41, 5.74) is 0. The van der Waals surface area contributed by atoms with E-state index in [-0.39, 0.29) is 6.09 Å². The van der Waals surface area contributed by atoms with Crippen LogP contribution in [0.4, 0.5) is 4.79 Å². The summed E-state index contributed by atoms with van der Waals surface area (Å²) in [6.07, 6.45) is 3.98. The standard InChI is InChI=1S/C11H19NO2S/c1-3-9-15-10(2)5-4-6-12-7-8-14-11(12)13/h3,10H,1,4-9H2,2H3. The van der Waals surface area contributed by atoms with Crippen LogP contribution >= 0.6 is 11.8 Å². The molecule has 0 aromatic carbocycles. The van der Waals surface area contributed by atoms with Gasteiger partial charge in [0.15, 0.2) is 0 Å². The molecule has 0 spiro atoms. The molecule has 0 aromatic heterocycles. The van der Waals surface area contributed by atoms with Crippen LogP contribution in [0.2, 0.25) is 0 Å². The number of cyclic esters (lactones) is 1. The van der Waals surface area contributed by atoms with E-state index in [1.54, 1.807) is 4.90 Å². The van der Waals surface area contributed by atoms with E-state index in [0.717, 1.165) is 31.7 Å². The largest absolute Gasteiger partial charge is 0.448 e. The van der Waals surface area contributed by atoms with E-state index in [4.69, 9.17) is 4.74 Å². The molecule has 1 heterocycles. The fourth-order valence-corrected chi connectivity index (χ4v) is 2.31. The molecule has 0 bridgehead atoms. The summed E-state index contributed by atoms with van der Waals surface area (Å²) in [5.74, 6) is 1.01. The van der Waals surface area contributed by atoms with Crippen molar-refractivity contribution in [3.63, 3.8) is 0 Å². The van der Waals surface area contributed by atoms with Gasteiger partial charge in [0.25, 0.3) is 0 Å². The van der Waals surface area contributed by atoms with Gasteiger partial charge in [-0.1, -0.05) is 13.0 Å². The van der Waals surface area contributed by atoms with Gasteiger partial charge in [0, 0.05) is 17.5 Å². The Balaban J connectivity index is 2.05. The zero-order valence-electron chi connectivity index (χ0n) is 9.28. The zero-order chi connectivity index (χ0) is 11.1. The highest BCUT2D eigenvalue weighted by Gasteiger charge is 2.20. The molecule has 0 radical (unpaired) electrons. The highest BCUT2D eigenvalue weighted by atomic mass is 32.2. The van der Waals surface area contributed by atoms with Gasteiger partial charge in [-0.3, -0.25) is 0 Å². The molecule has 1 atom stereocenters. The monoisotopic (exact) mass is 229 g/mol. The zero-order valence-corrected chi connectivity index (χ0v) is 10.1. The van der Waals surface area contributed by atoms with Gasteiger partial charge in [-0.05, 0) is 12.8 Å². The van der Waals surface area contributed by atoms with Crippen LogP contribution in [0.25, 0.3) is 0 Å².